The molecule has 0 aliphatic heterocycles. The maximum atomic E-state index is 3.77. The van der Waals surface area contributed by atoms with Crippen LogP contribution in [-0.4, -0.2) is 10.2 Å². The molecule has 2 nitrogen and oxygen atoms in total. The molecule has 0 amide bonds. The predicted molar refractivity (Wildman–Crippen MR) is 28.0 cm³/mol. The molecule has 0 saturated heterocycles. The SMILES string of the molecule is CCc1ccn[nH]1. The molecule has 0 atom stereocenters. The summed E-state index contributed by atoms with van der Waals surface area (Å²) < 4.78 is 0. The molecule has 0 unspecified atom stereocenters. The summed E-state index contributed by atoms with van der Waals surface area (Å²) in [6.45, 7) is 2.09. The monoisotopic (exact) mass is 96.1 g/mol. The highest BCUT2D eigenvalue weighted by atomic mass is 15.1. The lowest BCUT2D eigenvalue weighted by Crippen LogP contribution is -1.75. The Morgan fingerprint density at radius 1 is 1.86 bits per heavy atom. The molecule has 1 aromatic heterocycles. The van der Waals surface area contributed by atoms with Gasteiger partial charge < -0.3 is 0 Å². The quantitative estimate of drug-likeness (QED) is 0.554. The molecule has 0 spiro atoms. The Morgan fingerprint density at radius 2 is 2.71 bits per heavy atom. The lowest BCUT2D eigenvalue weighted by molar-refractivity contribution is 0.975. The van der Waals surface area contributed by atoms with E-state index in [4.69, 9.17) is 0 Å². The number of rotatable bonds is 1. The number of aromatic amines is 1. The van der Waals surface area contributed by atoms with E-state index in [-0.39, 0.29) is 0 Å². The van der Waals surface area contributed by atoms with Crippen molar-refractivity contribution in [3.63, 3.8) is 0 Å². The van der Waals surface area contributed by atoms with Crippen LogP contribution in [0.25, 0.3) is 0 Å². The first-order valence-corrected chi connectivity index (χ1v) is 2.41. The summed E-state index contributed by atoms with van der Waals surface area (Å²) in [4.78, 5) is 0. The van der Waals surface area contributed by atoms with Crippen LogP contribution in [0.2, 0.25) is 0 Å². The zero-order valence-corrected chi connectivity index (χ0v) is 4.31. The average Bonchev–Trinajstić information content (AvgIpc) is 2.14. The smallest absolute Gasteiger partial charge is 0.0490 e. The number of nitrogens with zero attached hydrogens (tertiary/aromatic N) is 1. The summed E-state index contributed by atoms with van der Waals surface area (Å²) in [5.74, 6) is 0. The van der Waals surface area contributed by atoms with Gasteiger partial charge in [-0.15, -0.1) is 0 Å². The van der Waals surface area contributed by atoms with E-state index >= 15 is 0 Å². The van der Waals surface area contributed by atoms with Gasteiger partial charge in [-0.2, -0.15) is 5.10 Å². The van der Waals surface area contributed by atoms with Crippen molar-refractivity contribution in [1.82, 2.24) is 10.2 Å². The Hall–Kier alpha value is -0.790. The fourth-order valence-electron chi connectivity index (χ4n) is 0.482. The Bertz CT molecular complexity index is 121. The average molecular weight is 96.1 g/mol. The molecular formula is C5H8N2. The van der Waals surface area contributed by atoms with E-state index in [0.717, 1.165) is 6.42 Å². The van der Waals surface area contributed by atoms with Gasteiger partial charge in [-0.1, -0.05) is 6.92 Å². The standard InChI is InChI=1S/C5H8N2/c1-2-5-3-4-6-7-5/h3-4H,2H2,1H3,(H,6,7). The molecular weight excluding hydrogens is 88.1 g/mol. The number of hydrogen-bond acceptors (Lipinski definition) is 1. The van der Waals surface area contributed by atoms with Crippen LogP contribution in [0.1, 0.15) is 12.6 Å². The van der Waals surface area contributed by atoms with Gasteiger partial charge in [0.1, 0.15) is 0 Å². The Labute approximate surface area is 42.6 Å². The molecule has 1 aromatic rings. The van der Waals surface area contributed by atoms with Gasteiger partial charge in [0.05, 0.1) is 0 Å². The molecule has 0 aromatic carbocycles. The van der Waals surface area contributed by atoms with Gasteiger partial charge in [-0.3, -0.25) is 5.10 Å². The van der Waals surface area contributed by atoms with Crippen molar-refractivity contribution in [2.75, 3.05) is 0 Å². The van der Waals surface area contributed by atoms with Crippen LogP contribution in [0.3, 0.4) is 0 Å². The van der Waals surface area contributed by atoms with Crippen molar-refractivity contribution in [1.29, 1.82) is 0 Å². The first-order chi connectivity index (χ1) is 3.43. The number of H-pyrrole nitrogens is 1. The van der Waals surface area contributed by atoms with E-state index in [9.17, 15) is 0 Å². The maximum absolute atomic E-state index is 3.77. The van der Waals surface area contributed by atoms with Gasteiger partial charge in [0, 0.05) is 11.9 Å². The Balaban J connectivity index is 2.76. The number of aryl methyl sites for hydroxylation is 1. The van der Waals surface area contributed by atoms with E-state index in [1.807, 2.05) is 6.07 Å². The molecule has 38 valence electrons. The van der Waals surface area contributed by atoms with Crippen molar-refractivity contribution in [3.8, 4) is 0 Å². The predicted octanol–water partition coefficient (Wildman–Crippen LogP) is 0.972. The third-order valence-electron chi connectivity index (χ3n) is 0.939. The molecule has 0 saturated carbocycles. The van der Waals surface area contributed by atoms with Gasteiger partial charge >= 0.3 is 0 Å². The second kappa shape index (κ2) is 1.78. The molecule has 1 heterocycles. The van der Waals surface area contributed by atoms with Crippen molar-refractivity contribution in [3.05, 3.63) is 18.0 Å². The van der Waals surface area contributed by atoms with E-state index in [2.05, 4.69) is 17.1 Å². The molecule has 0 aliphatic carbocycles. The molecule has 0 fully saturated rings. The van der Waals surface area contributed by atoms with Gasteiger partial charge in [0.25, 0.3) is 0 Å². The fourth-order valence-corrected chi connectivity index (χ4v) is 0.482. The lowest BCUT2D eigenvalue weighted by atomic mass is 10.4. The molecule has 2 heteroatoms. The first-order valence-electron chi connectivity index (χ1n) is 2.41. The fraction of sp³-hybridized carbons (Fsp3) is 0.400. The zero-order valence-electron chi connectivity index (χ0n) is 4.31. The highest BCUT2D eigenvalue weighted by Gasteiger charge is 1.82. The second-order valence-electron chi connectivity index (χ2n) is 1.44. The highest BCUT2D eigenvalue weighted by Crippen LogP contribution is 1.88. The molecule has 7 heavy (non-hydrogen) atoms. The van der Waals surface area contributed by atoms with Crippen LogP contribution in [-0.2, 0) is 6.42 Å². The van der Waals surface area contributed by atoms with Crippen LogP contribution in [0.4, 0.5) is 0 Å². The van der Waals surface area contributed by atoms with Crippen LogP contribution in [0.15, 0.2) is 12.3 Å². The maximum Gasteiger partial charge on any atom is 0.0490 e. The highest BCUT2D eigenvalue weighted by molar-refractivity contribution is 4.95. The molecule has 1 rings (SSSR count). The third-order valence-corrected chi connectivity index (χ3v) is 0.939. The molecule has 1 N–H and O–H groups in total. The minimum Gasteiger partial charge on any atom is -0.283 e. The zero-order chi connectivity index (χ0) is 5.11. The summed E-state index contributed by atoms with van der Waals surface area (Å²) in [5, 5.41) is 6.60. The minimum absolute atomic E-state index is 1.04. The van der Waals surface area contributed by atoms with Crippen molar-refractivity contribution < 1.29 is 0 Å². The largest absolute Gasteiger partial charge is 0.283 e. The summed E-state index contributed by atoms with van der Waals surface area (Å²) in [6, 6.07) is 1.97. The lowest BCUT2D eigenvalue weighted by Gasteiger charge is -1.79. The van der Waals surface area contributed by atoms with E-state index in [1.165, 1.54) is 5.69 Å². The van der Waals surface area contributed by atoms with Gasteiger partial charge in [0.15, 0.2) is 0 Å². The molecule has 0 aliphatic rings. The second-order valence-corrected chi connectivity index (χ2v) is 1.44. The van der Waals surface area contributed by atoms with Crippen LogP contribution < -0.4 is 0 Å². The van der Waals surface area contributed by atoms with Crippen molar-refractivity contribution in [2.45, 2.75) is 13.3 Å². The molecule has 0 radical (unpaired) electrons. The molecule has 0 bridgehead atoms. The number of aromatic nitrogens is 2. The topological polar surface area (TPSA) is 28.7 Å². The van der Waals surface area contributed by atoms with Crippen LogP contribution in [0, 0.1) is 0 Å². The van der Waals surface area contributed by atoms with Crippen molar-refractivity contribution in [2.24, 2.45) is 0 Å². The number of hydrogen-bond donors (Lipinski definition) is 1. The van der Waals surface area contributed by atoms with Gasteiger partial charge in [0.2, 0.25) is 0 Å². The normalized spacial score (nSPS) is 9.29. The van der Waals surface area contributed by atoms with Gasteiger partial charge in [-0.05, 0) is 12.5 Å². The summed E-state index contributed by atoms with van der Waals surface area (Å²) >= 11 is 0. The minimum atomic E-state index is 1.04. The van der Waals surface area contributed by atoms with E-state index in [0.29, 0.717) is 0 Å². The van der Waals surface area contributed by atoms with Crippen LogP contribution >= 0.6 is 0 Å². The third kappa shape index (κ3) is 0.796. The van der Waals surface area contributed by atoms with Gasteiger partial charge in [-0.25, -0.2) is 0 Å². The van der Waals surface area contributed by atoms with E-state index in [1.54, 1.807) is 6.20 Å². The Morgan fingerprint density at radius 3 is 3.00 bits per heavy atom. The summed E-state index contributed by atoms with van der Waals surface area (Å²) in [6.07, 6.45) is 2.80. The van der Waals surface area contributed by atoms with Crippen molar-refractivity contribution >= 4 is 0 Å². The van der Waals surface area contributed by atoms with Crippen LogP contribution in [0.5, 0.6) is 0 Å². The first kappa shape index (κ1) is 4.37. The Kier molecular flexibility index (Phi) is 1.11. The number of nitrogens with one attached hydrogen (secondary N) is 1. The summed E-state index contributed by atoms with van der Waals surface area (Å²) in [5.41, 5.74) is 1.19. The van der Waals surface area contributed by atoms with E-state index < -0.39 is 0 Å². The summed E-state index contributed by atoms with van der Waals surface area (Å²) in [7, 11) is 0.